The molecule has 2 aromatic rings. The van der Waals surface area contributed by atoms with Crippen LogP contribution in [0.5, 0.6) is 0 Å². The number of nitrogens with one attached hydrogen (secondary N) is 1. The molecule has 0 unspecified atom stereocenters. The fourth-order valence-electron chi connectivity index (χ4n) is 2.55. The van der Waals surface area contributed by atoms with Crippen molar-refractivity contribution in [1.82, 2.24) is 0 Å². The average Bonchev–Trinajstić information content (AvgIpc) is 2.56. The number of nitrogens with zero attached hydrogens (tertiary/aromatic N) is 1. The third-order valence-electron chi connectivity index (χ3n) is 3.97. The van der Waals surface area contributed by atoms with E-state index in [1.54, 1.807) is 13.2 Å². The Morgan fingerprint density at radius 2 is 1.92 bits per heavy atom. The highest BCUT2D eigenvalue weighted by molar-refractivity contribution is 5.88. The molecular formula is C18H19FN2O5. The lowest BCUT2D eigenvalue weighted by molar-refractivity contribution is -0.384. The Labute approximate surface area is 149 Å². The minimum absolute atomic E-state index is 0.0537. The highest BCUT2D eigenvalue weighted by Gasteiger charge is 2.25. The van der Waals surface area contributed by atoms with E-state index in [-0.39, 0.29) is 22.6 Å². The fraction of sp³-hybridized carbons (Fsp3) is 0.278. The van der Waals surface area contributed by atoms with Crippen molar-refractivity contribution in [1.29, 1.82) is 0 Å². The summed E-state index contributed by atoms with van der Waals surface area (Å²) in [5, 5.41) is 23.0. The van der Waals surface area contributed by atoms with Crippen LogP contribution in [0.15, 0.2) is 36.4 Å². The molecule has 0 aromatic heterocycles. The molecule has 2 rings (SSSR count). The number of halogens is 1. The van der Waals surface area contributed by atoms with Gasteiger partial charge in [-0.3, -0.25) is 10.1 Å². The lowest BCUT2D eigenvalue weighted by Crippen LogP contribution is -2.23. The maximum atomic E-state index is 14.1. The first-order valence-corrected chi connectivity index (χ1v) is 7.73. The SMILES string of the molecule is COCC(C)(C)c1ccc(Nc2ccc(C(=O)O)cc2F)c([N+](=O)[O-])c1. The highest BCUT2D eigenvalue weighted by Crippen LogP contribution is 2.34. The first-order chi connectivity index (χ1) is 12.2. The number of nitro groups is 1. The Morgan fingerprint density at radius 3 is 2.46 bits per heavy atom. The fourth-order valence-corrected chi connectivity index (χ4v) is 2.55. The summed E-state index contributed by atoms with van der Waals surface area (Å²) >= 11 is 0. The minimum atomic E-state index is -1.26. The van der Waals surface area contributed by atoms with Crippen LogP contribution in [0.2, 0.25) is 0 Å². The number of carbonyl (C=O) groups is 1. The van der Waals surface area contributed by atoms with Gasteiger partial charge in [-0.1, -0.05) is 19.9 Å². The molecule has 0 saturated heterocycles. The number of carboxylic acid groups (broad SMARTS) is 1. The van der Waals surface area contributed by atoms with E-state index in [0.29, 0.717) is 12.2 Å². The summed E-state index contributed by atoms with van der Waals surface area (Å²) in [6.07, 6.45) is 0. The van der Waals surface area contributed by atoms with Crippen LogP contribution < -0.4 is 5.32 Å². The molecule has 0 bridgehead atoms. The normalized spacial score (nSPS) is 11.2. The summed E-state index contributed by atoms with van der Waals surface area (Å²) in [5.41, 5.74) is -0.103. The zero-order chi connectivity index (χ0) is 19.5. The quantitative estimate of drug-likeness (QED) is 0.568. The summed E-state index contributed by atoms with van der Waals surface area (Å²) in [4.78, 5) is 21.7. The molecule has 0 radical (unpaired) electrons. The number of ether oxygens (including phenoxy) is 1. The van der Waals surface area contributed by atoms with Crippen LogP contribution in [0.25, 0.3) is 0 Å². The van der Waals surface area contributed by atoms with Crippen LogP contribution in [-0.4, -0.2) is 29.7 Å². The molecule has 0 fully saturated rings. The molecule has 2 N–H and O–H groups in total. The number of carboxylic acids is 1. The van der Waals surface area contributed by atoms with E-state index in [4.69, 9.17) is 9.84 Å². The second-order valence-electron chi connectivity index (χ2n) is 6.43. The molecule has 26 heavy (non-hydrogen) atoms. The van der Waals surface area contributed by atoms with E-state index < -0.39 is 22.1 Å². The van der Waals surface area contributed by atoms with Gasteiger partial charge in [0.05, 0.1) is 22.8 Å². The van der Waals surface area contributed by atoms with E-state index in [2.05, 4.69) is 5.32 Å². The largest absolute Gasteiger partial charge is 0.478 e. The molecule has 0 heterocycles. The number of hydrogen-bond donors (Lipinski definition) is 2. The van der Waals surface area contributed by atoms with Crippen molar-refractivity contribution < 1.29 is 24.0 Å². The lowest BCUT2D eigenvalue weighted by Gasteiger charge is -2.24. The summed E-state index contributed by atoms with van der Waals surface area (Å²) in [7, 11) is 1.55. The van der Waals surface area contributed by atoms with Crippen LogP contribution in [-0.2, 0) is 10.2 Å². The topological polar surface area (TPSA) is 102 Å². The highest BCUT2D eigenvalue weighted by atomic mass is 19.1. The van der Waals surface area contributed by atoms with E-state index in [0.717, 1.165) is 6.07 Å². The molecule has 0 amide bonds. The summed E-state index contributed by atoms with van der Waals surface area (Å²) in [6.45, 7) is 4.17. The molecule has 0 spiro atoms. The van der Waals surface area contributed by atoms with Crippen molar-refractivity contribution in [2.45, 2.75) is 19.3 Å². The van der Waals surface area contributed by atoms with E-state index >= 15 is 0 Å². The Balaban J connectivity index is 2.41. The first kappa shape index (κ1) is 19.3. The van der Waals surface area contributed by atoms with Crippen molar-refractivity contribution in [3.05, 3.63) is 63.5 Å². The maximum Gasteiger partial charge on any atom is 0.335 e. The Morgan fingerprint density at radius 1 is 1.27 bits per heavy atom. The predicted octanol–water partition coefficient (Wildman–Crippen LogP) is 4.10. The van der Waals surface area contributed by atoms with Crippen molar-refractivity contribution in [2.75, 3.05) is 19.0 Å². The van der Waals surface area contributed by atoms with E-state index in [1.807, 2.05) is 13.8 Å². The zero-order valence-corrected chi connectivity index (χ0v) is 14.6. The molecule has 138 valence electrons. The minimum Gasteiger partial charge on any atom is -0.478 e. The Kier molecular flexibility index (Phi) is 5.56. The van der Waals surface area contributed by atoms with Gasteiger partial charge in [-0.15, -0.1) is 0 Å². The number of aromatic carboxylic acids is 1. The van der Waals surface area contributed by atoms with Crippen molar-refractivity contribution in [2.24, 2.45) is 0 Å². The van der Waals surface area contributed by atoms with Crippen LogP contribution in [0, 0.1) is 15.9 Å². The number of rotatable bonds is 7. The van der Waals surface area contributed by atoms with Crippen molar-refractivity contribution >= 4 is 23.0 Å². The van der Waals surface area contributed by atoms with Gasteiger partial charge < -0.3 is 15.2 Å². The second kappa shape index (κ2) is 7.49. The monoisotopic (exact) mass is 362 g/mol. The second-order valence-corrected chi connectivity index (χ2v) is 6.43. The summed E-state index contributed by atoms with van der Waals surface area (Å²) < 4.78 is 19.2. The number of hydrogen-bond acceptors (Lipinski definition) is 5. The van der Waals surface area contributed by atoms with Gasteiger partial charge in [0.15, 0.2) is 0 Å². The molecule has 7 nitrogen and oxygen atoms in total. The van der Waals surface area contributed by atoms with Gasteiger partial charge in [0.2, 0.25) is 0 Å². The predicted molar refractivity (Wildman–Crippen MR) is 94.6 cm³/mol. The number of nitro benzene ring substituents is 1. The Hall–Kier alpha value is -3.00. The molecule has 0 aliphatic rings. The molecule has 2 aromatic carbocycles. The lowest BCUT2D eigenvalue weighted by atomic mass is 9.85. The molecule has 0 saturated carbocycles. The average molecular weight is 362 g/mol. The van der Waals surface area contributed by atoms with E-state index in [1.165, 1.54) is 24.3 Å². The Bertz CT molecular complexity index is 851. The smallest absolute Gasteiger partial charge is 0.335 e. The molecule has 0 aliphatic carbocycles. The summed E-state index contributed by atoms with van der Waals surface area (Å²) in [6, 6.07) is 7.92. The first-order valence-electron chi connectivity index (χ1n) is 7.73. The number of methoxy groups -OCH3 is 1. The molecule has 0 aliphatic heterocycles. The van der Waals surface area contributed by atoms with Gasteiger partial charge in [-0.25, -0.2) is 9.18 Å². The van der Waals surface area contributed by atoms with Gasteiger partial charge in [-0.2, -0.15) is 0 Å². The molecule has 0 atom stereocenters. The van der Waals surface area contributed by atoms with Crippen LogP contribution in [0.3, 0.4) is 0 Å². The zero-order valence-electron chi connectivity index (χ0n) is 14.6. The van der Waals surface area contributed by atoms with Crippen LogP contribution in [0.1, 0.15) is 29.8 Å². The van der Waals surface area contributed by atoms with Gasteiger partial charge in [-0.05, 0) is 29.8 Å². The number of anilines is 2. The molecule has 8 heteroatoms. The van der Waals surface area contributed by atoms with Crippen molar-refractivity contribution in [3.8, 4) is 0 Å². The third kappa shape index (κ3) is 4.15. The third-order valence-corrected chi connectivity index (χ3v) is 3.97. The van der Waals surface area contributed by atoms with Gasteiger partial charge in [0.25, 0.3) is 5.69 Å². The van der Waals surface area contributed by atoms with Crippen LogP contribution >= 0.6 is 0 Å². The standard InChI is InChI=1S/C18H19FN2O5/c1-18(2,10-26-3)12-5-7-15(16(9-12)21(24)25)20-14-6-4-11(17(22)23)8-13(14)19/h4-9,20H,10H2,1-3H3,(H,22,23). The number of benzene rings is 2. The van der Waals surface area contributed by atoms with Gasteiger partial charge in [0.1, 0.15) is 11.5 Å². The van der Waals surface area contributed by atoms with Crippen LogP contribution in [0.4, 0.5) is 21.5 Å². The van der Waals surface area contributed by atoms with Gasteiger partial charge >= 0.3 is 5.97 Å². The maximum absolute atomic E-state index is 14.1. The summed E-state index contributed by atoms with van der Waals surface area (Å²) in [5.74, 6) is -2.07. The van der Waals surface area contributed by atoms with Crippen molar-refractivity contribution in [3.63, 3.8) is 0 Å². The van der Waals surface area contributed by atoms with E-state index in [9.17, 15) is 19.3 Å². The molecular weight excluding hydrogens is 343 g/mol. The van der Waals surface area contributed by atoms with Gasteiger partial charge in [0, 0.05) is 18.6 Å².